The van der Waals surface area contributed by atoms with Gasteiger partial charge < -0.3 is 19.9 Å². The molecule has 0 radical (unpaired) electrons. The molecule has 1 unspecified atom stereocenters. The molecule has 4 nitrogen and oxygen atoms in total. The number of aryl methyl sites for hydroxylation is 1. The van der Waals surface area contributed by atoms with Crippen LogP contribution in [0.3, 0.4) is 0 Å². The fourth-order valence-electron chi connectivity index (χ4n) is 2.02. The highest BCUT2D eigenvalue weighted by molar-refractivity contribution is 5.25. The number of rotatable bonds is 7. The number of nitrogens with one attached hydrogen (secondary N) is 1. The van der Waals surface area contributed by atoms with Crippen molar-refractivity contribution in [3.63, 3.8) is 0 Å². The third kappa shape index (κ3) is 4.40. The van der Waals surface area contributed by atoms with Crippen molar-refractivity contribution in [3.8, 4) is 5.75 Å². The minimum Gasteiger partial charge on any atom is -0.508 e. The topological polar surface area (TPSA) is 65.6 Å². The summed E-state index contributed by atoms with van der Waals surface area (Å²) in [5, 5.41) is 21.5. The van der Waals surface area contributed by atoms with Crippen molar-refractivity contribution in [1.29, 1.82) is 0 Å². The van der Waals surface area contributed by atoms with Gasteiger partial charge in [0.15, 0.2) is 0 Å². The molecule has 20 heavy (non-hydrogen) atoms. The summed E-state index contributed by atoms with van der Waals surface area (Å²) in [4.78, 5) is 0. The van der Waals surface area contributed by atoms with Crippen LogP contribution in [0.15, 0.2) is 40.8 Å². The average molecular weight is 275 g/mol. The van der Waals surface area contributed by atoms with Crippen molar-refractivity contribution in [3.05, 3.63) is 53.5 Å². The van der Waals surface area contributed by atoms with Crippen LogP contribution in [0.5, 0.6) is 5.75 Å². The van der Waals surface area contributed by atoms with Crippen molar-refractivity contribution >= 4 is 0 Å². The summed E-state index contributed by atoms with van der Waals surface area (Å²) in [7, 11) is 0. The zero-order chi connectivity index (χ0) is 14.4. The first kappa shape index (κ1) is 14.6. The second kappa shape index (κ2) is 7.12. The Hall–Kier alpha value is -1.78. The summed E-state index contributed by atoms with van der Waals surface area (Å²) >= 11 is 0. The van der Waals surface area contributed by atoms with Crippen LogP contribution in [0.1, 0.15) is 30.4 Å². The summed E-state index contributed by atoms with van der Waals surface area (Å²) in [5.74, 6) is 1.74. The highest BCUT2D eigenvalue weighted by Crippen LogP contribution is 2.12. The van der Waals surface area contributed by atoms with E-state index in [-0.39, 0.29) is 6.61 Å². The zero-order valence-corrected chi connectivity index (χ0v) is 11.7. The van der Waals surface area contributed by atoms with E-state index in [2.05, 4.69) is 12.2 Å². The van der Waals surface area contributed by atoms with E-state index in [1.165, 1.54) is 5.56 Å². The zero-order valence-electron chi connectivity index (χ0n) is 11.7. The third-order valence-corrected chi connectivity index (χ3v) is 3.30. The molecule has 0 saturated heterocycles. The van der Waals surface area contributed by atoms with Crippen molar-refractivity contribution in [1.82, 2.24) is 5.32 Å². The normalized spacial score (nSPS) is 12.5. The van der Waals surface area contributed by atoms with Gasteiger partial charge in [0.2, 0.25) is 0 Å². The standard InChI is InChI=1S/C16H21NO3/c1-12(2-3-13-4-6-14(19)7-5-13)17-10-15-8-9-16(11-18)20-15/h4-9,12,17-19H,2-3,10-11H2,1H3. The summed E-state index contributed by atoms with van der Waals surface area (Å²) in [6, 6.07) is 11.4. The van der Waals surface area contributed by atoms with Gasteiger partial charge in [0.05, 0.1) is 6.54 Å². The summed E-state index contributed by atoms with van der Waals surface area (Å²) < 4.78 is 5.42. The molecule has 0 aliphatic carbocycles. The second-order valence-electron chi connectivity index (χ2n) is 5.01. The molecule has 1 aromatic carbocycles. The SMILES string of the molecule is CC(CCc1ccc(O)cc1)NCc1ccc(CO)o1. The average Bonchev–Trinajstić information content (AvgIpc) is 2.92. The fraction of sp³-hybridized carbons (Fsp3) is 0.375. The fourth-order valence-corrected chi connectivity index (χ4v) is 2.02. The molecule has 108 valence electrons. The van der Waals surface area contributed by atoms with Gasteiger partial charge in [-0.05, 0) is 49.6 Å². The van der Waals surface area contributed by atoms with Gasteiger partial charge in [-0.15, -0.1) is 0 Å². The van der Waals surface area contributed by atoms with E-state index in [4.69, 9.17) is 9.52 Å². The number of hydrogen-bond acceptors (Lipinski definition) is 4. The molecular weight excluding hydrogens is 254 g/mol. The molecular formula is C16H21NO3. The molecule has 0 fully saturated rings. The van der Waals surface area contributed by atoms with Gasteiger partial charge in [-0.3, -0.25) is 0 Å². The number of benzene rings is 1. The van der Waals surface area contributed by atoms with Crippen LogP contribution in [0.4, 0.5) is 0 Å². The number of furan rings is 1. The monoisotopic (exact) mass is 275 g/mol. The molecule has 4 heteroatoms. The Balaban J connectivity index is 1.72. The third-order valence-electron chi connectivity index (χ3n) is 3.30. The van der Waals surface area contributed by atoms with Crippen molar-refractivity contribution in [2.75, 3.05) is 0 Å². The molecule has 2 aromatic rings. The highest BCUT2D eigenvalue weighted by atomic mass is 16.4. The first-order chi connectivity index (χ1) is 9.67. The lowest BCUT2D eigenvalue weighted by atomic mass is 10.1. The number of aliphatic hydroxyl groups excluding tert-OH is 1. The Kier molecular flexibility index (Phi) is 5.21. The molecule has 2 rings (SSSR count). The second-order valence-corrected chi connectivity index (χ2v) is 5.01. The minimum absolute atomic E-state index is 0.0591. The van der Waals surface area contributed by atoms with E-state index in [0.29, 0.717) is 24.1 Å². The molecule has 0 spiro atoms. The van der Waals surface area contributed by atoms with Crippen LogP contribution in [0, 0.1) is 0 Å². The van der Waals surface area contributed by atoms with Crippen molar-refractivity contribution in [2.45, 2.75) is 39.0 Å². The molecule has 1 heterocycles. The van der Waals surface area contributed by atoms with Gasteiger partial charge in [-0.25, -0.2) is 0 Å². The molecule has 0 bridgehead atoms. The van der Waals surface area contributed by atoms with Gasteiger partial charge in [-0.1, -0.05) is 12.1 Å². The maximum absolute atomic E-state index is 9.23. The van der Waals surface area contributed by atoms with Crippen LogP contribution in [0.25, 0.3) is 0 Å². The number of aromatic hydroxyl groups is 1. The van der Waals surface area contributed by atoms with Gasteiger partial charge in [0.1, 0.15) is 23.9 Å². The summed E-state index contributed by atoms with van der Waals surface area (Å²) in [6.45, 7) is 2.74. The first-order valence-corrected chi connectivity index (χ1v) is 6.87. The predicted molar refractivity (Wildman–Crippen MR) is 77.4 cm³/mol. The lowest BCUT2D eigenvalue weighted by Crippen LogP contribution is -2.25. The van der Waals surface area contributed by atoms with Gasteiger partial charge in [-0.2, -0.15) is 0 Å². The largest absolute Gasteiger partial charge is 0.508 e. The Morgan fingerprint density at radius 2 is 1.80 bits per heavy atom. The number of phenolic OH excluding ortho intramolecular Hbond substituents is 1. The molecule has 1 aromatic heterocycles. The molecule has 0 aliphatic rings. The molecule has 3 N–H and O–H groups in total. The van der Waals surface area contributed by atoms with Crippen molar-refractivity contribution in [2.24, 2.45) is 0 Å². The van der Waals surface area contributed by atoms with E-state index in [1.807, 2.05) is 18.2 Å². The molecule has 0 saturated carbocycles. The maximum atomic E-state index is 9.23. The Bertz CT molecular complexity index is 519. The number of hydrogen-bond donors (Lipinski definition) is 3. The van der Waals surface area contributed by atoms with Crippen molar-refractivity contribution < 1.29 is 14.6 Å². The smallest absolute Gasteiger partial charge is 0.129 e. The Morgan fingerprint density at radius 1 is 1.10 bits per heavy atom. The van der Waals surface area contributed by atoms with Crippen LogP contribution < -0.4 is 5.32 Å². The maximum Gasteiger partial charge on any atom is 0.129 e. The summed E-state index contributed by atoms with van der Waals surface area (Å²) in [5.41, 5.74) is 1.22. The van der Waals surface area contributed by atoms with E-state index < -0.39 is 0 Å². The van der Waals surface area contributed by atoms with E-state index in [1.54, 1.807) is 18.2 Å². The van der Waals surface area contributed by atoms with Crippen LogP contribution in [-0.2, 0) is 19.6 Å². The Labute approximate surface area is 119 Å². The lowest BCUT2D eigenvalue weighted by molar-refractivity contribution is 0.242. The quantitative estimate of drug-likeness (QED) is 0.726. The minimum atomic E-state index is -0.0591. The lowest BCUT2D eigenvalue weighted by Gasteiger charge is -2.12. The van der Waals surface area contributed by atoms with E-state index in [0.717, 1.165) is 18.6 Å². The van der Waals surface area contributed by atoms with E-state index >= 15 is 0 Å². The van der Waals surface area contributed by atoms with Crippen LogP contribution >= 0.6 is 0 Å². The number of phenols is 1. The molecule has 0 amide bonds. The highest BCUT2D eigenvalue weighted by Gasteiger charge is 2.05. The van der Waals surface area contributed by atoms with Gasteiger partial charge in [0, 0.05) is 6.04 Å². The molecule has 0 aliphatic heterocycles. The summed E-state index contributed by atoms with van der Waals surface area (Å²) in [6.07, 6.45) is 1.98. The predicted octanol–water partition coefficient (Wildman–Crippen LogP) is 2.59. The first-order valence-electron chi connectivity index (χ1n) is 6.87. The number of aliphatic hydroxyl groups is 1. The van der Waals surface area contributed by atoms with Crippen LogP contribution in [0.2, 0.25) is 0 Å². The van der Waals surface area contributed by atoms with Gasteiger partial charge >= 0.3 is 0 Å². The van der Waals surface area contributed by atoms with Crippen LogP contribution in [-0.4, -0.2) is 16.3 Å². The van der Waals surface area contributed by atoms with Gasteiger partial charge in [0.25, 0.3) is 0 Å². The Morgan fingerprint density at radius 3 is 2.45 bits per heavy atom. The van der Waals surface area contributed by atoms with E-state index in [9.17, 15) is 5.11 Å². The molecule has 1 atom stereocenters.